The van der Waals surface area contributed by atoms with E-state index in [0.717, 1.165) is 19.3 Å². The Labute approximate surface area is 154 Å². The number of nitrogens with one attached hydrogen (secondary N) is 1. The summed E-state index contributed by atoms with van der Waals surface area (Å²) in [7, 11) is 0. The van der Waals surface area contributed by atoms with Crippen molar-refractivity contribution in [3.05, 3.63) is 33.3 Å². The lowest BCUT2D eigenvalue weighted by molar-refractivity contribution is -0.130. The Balaban J connectivity index is 2.02. The number of rotatable bonds is 4. The summed E-state index contributed by atoms with van der Waals surface area (Å²) in [6.07, 6.45) is 3.08. The fraction of sp³-hybridized carbons (Fsp3) is 0.471. The van der Waals surface area contributed by atoms with Crippen molar-refractivity contribution in [2.24, 2.45) is 0 Å². The van der Waals surface area contributed by atoms with E-state index in [0.29, 0.717) is 17.3 Å². The van der Waals surface area contributed by atoms with Gasteiger partial charge in [-0.15, -0.1) is 0 Å². The molecular weight excluding hydrogens is 396 g/mol. The van der Waals surface area contributed by atoms with Crippen LogP contribution < -0.4 is 5.32 Å². The fourth-order valence-electron chi connectivity index (χ4n) is 2.69. The van der Waals surface area contributed by atoms with Crippen LogP contribution in [0.4, 0.5) is 0 Å². The van der Waals surface area contributed by atoms with Gasteiger partial charge in [-0.1, -0.05) is 46.8 Å². The molecule has 1 unspecified atom stereocenters. The van der Waals surface area contributed by atoms with Gasteiger partial charge in [-0.2, -0.15) is 5.26 Å². The van der Waals surface area contributed by atoms with Crippen molar-refractivity contribution in [1.82, 2.24) is 5.32 Å². The molecule has 0 spiro atoms. The number of carbonyl (C=O) groups excluding carboxylic acids is 2. The molecule has 128 valence electrons. The van der Waals surface area contributed by atoms with E-state index in [1.54, 1.807) is 12.1 Å². The van der Waals surface area contributed by atoms with Gasteiger partial charge >= 0.3 is 5.97 Å². The number of esters is 1. The van der Waals surface area contributed by atoms with Gasteiger partial charge in [-0.25, -0.2) is 4.79 Å². The minimum atomic E-state index is -1.01. The maximum Gasteiger partial charge on any atom is 0.340 e. The number of amides is 1. The highest BCUT2D eigenvalue weighted by Crippen LogP contribution is 2.28. The number of halogens is 2. The molecule has 1 aliphatic rings. The maximum absolute atomic E-state index is 12.3. The second-order valence-electron chi connectivity index (χ2n) is 5.92. The number of benzene rings is 1. The van der Waals surface area contributed by atoms with Crippen LogP contribution >= 0.6 is 27.5 Å². The third-order valence-electron chi connectivity index (χ3n) is 4.08. The summed E-state index contributed by atoms with van der Waals surface area (Å²) in [5, 5.41) is 12.4. The van der Waals surface area contributed by atoms with Gasteiger partial charge in [0.2, 0.25) is 0 Å². The van der Waals surface area contributed by atoms with E-state index >= 15 is 0 Å². The largest absolute Gasteiger partial charge is 0.449 e. The summed E-state index contributed by atoms with van der Waals surface area (Å²) in [5.41, 5.74) is -0.679. The Kier molecular flexibility index (Phi) is 6.25. The summed E-state index contributed by atoms with van der Waals surface area (Å²) >= 11 is 9.25. The minimum absolute atomic E-state index is 0.179. The summed E-state index contributed by atoms with van der Waals surface area (Å²) in [6, 6.07) is 7.01. The second kappa shape index (κ2) is 8.00. The Hall–Kier alpha value is -1.58. The third kappa shape index (κ3) is 4.49. The smallest absolute Gasteiger partial charge is 0.340 e. The van der Waals surface area contributed by atoms with Crippen LogP contribution in [0.15, 0.2) is 22.7 Å². The van der Waals surface area contributed by atoms with Crippen molar-refractivity contribution in [2.75, 3.05) is 0 Å². The predicted octanol–water partition coefficient (Wildman–Crippen LogP) is 3.99. The molecule has 0 aliphatic heterocycles. The Morgan fingerprint density at radius 3 is 2.67 bits per heavy atom. The zero-order chi connectivity index (χ0) is 17.7. The van der Waals surface area contributed by atoms with Crippen LogP contribution in [0.5, 0.6) is 0 Å². The van der Waals surface area contributed by atoms with Gasteiger partial charge in [0, 0.05) is 4.47 Å². The molecule has 7 heteroatoms. The quantitative estimate of drug-likeness (QED) is 0.757. The fourth-order valence-corrected chi connectivity index (χ4v) is 3.24. The van der Waals surface area contributed by atoms with Gasteiger partial charge in [0.1, 0.15) is 5.54 Å². The molecule has 1 atom stereocenters. The van der Waals surface area contributed by atoms with Gasteiger partial charge < -0.3 is 10.1 Å². The summed E-state index contributed by atoms with van der Waals surface area (Å²) < 4.78 is 5.88. The van der Waals surface area contributed by atoms with Crippen molar-refractivity contribution in [1.29, 1.82) is 5.26 Å². The predicted molar refractivity (Wildman–Crippen MR) is 93.6 cm³/mol. The highest BCUT2D eigenvalue weighted by atomic mass is 79.9. The number of hydrogen-bond acceptors (Lipinski definition) is 4. The molecule has 2 rings (SSSR count). The monoisotopic (exact) mass is 412 g/mol. The zero-order valence-corrected chi connectivity index (χ0v) is 15.6. The average molecular weight is 414 g/mol. The molecule has 1 saturated carbocycles. The van der Waals surface area contributed by atoms with Crippen molar-refractivity contribution >= 4 is 39.4 Å². The Bertz CT molecular complexity index is 681. The zero-order valence-electron chi connectivity index (χ0n) is 13.3. The summed E-state index contributed by atoms with van der Waals surface area (Å²) in [5.74, 6) is -1.16. The Morgan fingerprint density at radius 1 is 1.38 bits per heavy atom. The molecule has 1 amide bonds. The second-order valence-corrected chi connectivity index (χ2v) is 7.24. The first-order chi connectivity index (χ1) is 11.4. The molecule has 0 heterocycles. The first-order valence-corrected chi connectivity index (χ1v) is 8.93. The van der Waals surface area contributed by atoms with E-state index in [2.05, 4.69) is 27.3 Å². The molecule has 1 aromatic carbocycles. The average Bonchev–Trinajstić information content (AvgIpc) is 2.57. The van der Waals surface area contributed by atoms with E-state index in [1.165, 1.54) is 13.0 Å². The van der Waals surface area contributed by atoms with Crippen LogP contribution in [-0.4, -0.2) is 23.5 Å². The lowest BCUT2D eigenvalue weighted by atomic mass is 9.83. The molecule has 0 bridgehead atoms. The molecule has 0 aromatic heterocycles. The highest BCUT2D eigenvalue weighted by molar-refractivity contribution is 9.10. The van der Waals surface area contributed by atoms with Gasteiger partial charge in [0.05, 0.1) is 16.7 Å². The van der Waals surface area contributed by atoms with Crippen molar-refractivity contribution < 1.29 is 14.3 Å². The third-order valence-corrected chi connectivity index (χ3v) is 4.91. The summed E-state index contributed by atoms with van der Waals surface area (Å²) in [4.78, 5) is 24.5. The lowest BCUT2D eigenvalue weighted by Gasteiger charge is -2.32. The first-order valence-electron chi connectivity index (χ1n) is 7.76. The van der Waals surface area contributed by atoms with E-state index < -0.39 is 23.5 Å². The topological polar surface area (TPSA) is 79.2 Å². The Morgan fingerprint density at radius 2 is 2.04 bits per heavy atom. The maximum atomic E-state index is 12.3. The van der Waals surface area contributed by atoms with Gasteiger partial charge in [0.15, 0.2) is 6.10 Å². The molecular formula is C17H18BrClN2O3. The number of hydrogen-bond donors (Lipinski definition) is 1. The molecule has 0 radical (unpaired) electrons. The van der Waals surface area contributed by atoms with Crippen molar-refractivity contribution in [2.45, 2.75) is 50.7 Å². The molecule has 0 saturated heterocycles. The standard InChI is InChI=1S/C17H18BrClN2O3/c1-11(15(22)21-17(10-20)7-3-2-4-8-17)24-16(23)13-9-12(18)5-6-14(13)19/h5-6,9,11H,2-4,7-8H2,1H3,(H,21,22). The lowest BCUT2D eigenvalue weighted by Crippen LogP contribution is -2.52. The molecule has 1 aromatic rings. The van der Waals surface area contributed by atoms with E-state index in [-0.39, 0.29) is 10.6 Å². The molecule has 1 N–H and O–H groups in total. The van der Waals surface area contributed by atoms with E-state index in [9.17, 15) is 14.9 Å². The van der Waals surface area contributed by atoms with Gasteiger partial charge in [-0.05, 0) is 38.0 Å². The SMILES string of the molecule is CC(OC(=O)c1cc(Br)ccc1Cl)C(=O)NC1(C#N)CCCCC1. The van der Waals surface area contributed by atoms with Crippen LogP contribution in [0.2, 0.25) is 5.02 Å². The normalized spacial score (nSPS) is 17.4. The van der Waals surface area contributed by atoms with Gasteiger partial charge in [-0.3, -0.25) is 4.79 Å². The molecule has 5 nitrogen and oxygen atoms in total. The van der Waals surface area contributed by atoms with Crippen LogP contribution in [0.3, 0.4) is 0 Å². The van der Waals surface area contributed by atoms with Crippen LogP contribution in [-0.2, 0) is 9.53 Å². The minimum Gasteiger partial charge on any atom is -0.449 e. The number of carbonyl (C=O) groups is 2. The van der Waals surface area contributed by atoms with Crippen LogP contribution in [0, 0.1) is 11.3 Å². The molecule has 1 fully saturated rings. The van der Waals surface area contributed by atoms with Gasteiger partial charge in [0.25, 0.3) is 5.91 Å². The molecule has 24 heavy (non-hydrogen) atoms. The summed E-state index contributed by atoms with van der Waals surface area (Å²) in [6.45, 7) is 1.48. The highest BCUT2D eigenvalue weighted by Gasteiger charge is 2.35. The number of ether oxygens (including phenoxy) is 1. The van der Waals surface area contributed by atoms with Crippen molar-refractivity contribution in [3.8, 4) is 6.07 Å². The van der Waals surface area contributed by atoms with Crippen LogP contribution in [0.25, 0.3) is 0 Å². The van der Waals surface area contributed by atoms with E-state index in [4.69, 9.17) is 16.3 Å². The molecule has 1 aliphatic carbocycles. The van der Waals surface area contributed by atoms with Crippen LogP contribution in [0.1, 0.15) is 49.4 Å². The first kappa shape index (κ1) is 18.8. The number of nitriles is 1. The number of nitrogens with zero attached hydrogens (tertiary/aromatic N) is 1. The van der Waals surface area contributed by atoms with Crippen molar-refractivity contribution in [3.63, 3.8) is 0 Å². The van der Waals surface area contributed by atoms with E-state index in [1.807, 2.05) is 0 Å².